The Kier molecular flexibility index (Phi) is 8.32. The third-order valence-electron chi connectivity index (χ3n) is 4.52. The molecule has 2 atom stereocenters. The van der Waals surface area contributed by atoms with Gasteiger partial charge in [0.2, 0.25) is 15.9 Å². The van der Waals surface area contributed by atoms with Crippen molar-refractivity contribution in [3.05, 3.63) is 35.9 Å². The molecule has 1 N–H and O–H groups in total. The predicted octanol–water partition coefficient (Wildman–Crippen LogP) is 3.28. The van der Waals surface area contributed by atoms with Gasteiger partial charge in [0, 0.05) is 25.2 Å². The predicted molar refractivity (Wildman–Crippen MR) is 103 cm³/mol. The van der Waals surface area contributed by atoms with Crippen molar-refractivity contribution < 1.29 is 13.2 Å². The Morgan fingerprint density at radius 2 is 1.68 bits per heavy atom. The first-order valence-corrected chi connectivity index (χ1v) is 10.3. The SMILES string of the molecule is CC[C@H](C)[C@@H](C)NC(=O)/C=C\c1ccc(S(=O)(=O)N(CC)CC)cc1. The molecule has 0 radical (unpaired) electrons. The summed E-state index contributed by atoms with van der Waals surface area (Å²) in [5, 5.41) is 2.94. The third kappa shape index (κ3) is 5.97. The highest BCUT2D eigenvalue weighted by Gasteiger charge is 2.20. The van der Waals surface area contributed by atoms with Crippen molar-refractivity contribution in [2.45, 2.75) is 52.0 Å². The highest BCUT2D eigenvalue weighted by atomic mass is 32.2. The molecule has 6 heteroatoms. The summed E-state index contributed by atoms with van der Waals surface area (Å²) < 4.78 is 26.3. The zero-order valence-electron chi connectivity index (χ0n) is 15.8. The van der Waals surface area contributed by atoms with Gasteiger partial charge in [0.15, 0.2) is 0 Å². The van der Waals surface area contributed by atoms with Crippen molar-refractivity contribution in [1.82, 2.24) is 9.62 Å². The molecule has 0 unspecified atom stereocenters. The molecule has 0 spiro atoms. The Labute approximate surface area is 152 Å². The molecule has 5 nitrogen and oxygen atoms in total. The Morgan fingerprint density at radius 3 is 2.16 bits per heavy atom. The summed E-state index contributed by atoms with van der Waals surface area (Å²) in [6.07, 6.45) is 4.17. The van der Waals surface area contributed by atoms with E-state index in [-0.39, 0.29) is 16.8 Å². The summed E-state index contributed by atoms with van der Waals surface area (Å²) >= 11 is 0. The van der Waals surface area contributed by atoms with Gasteiger partial charge in [-0.05, 0) is 36.6 Å². The molecule has 0 saturated carbocycles. The number of amides is 1. The monoisotopic (exact) mass is 366 g/mol. The fourth-order valence-corrected chi connectivity index (χ4v) is 3.86. The van der Waals surface area contributed by atoms with Gasteiger partial charge in [-0.3, -0.25) is 4.79 Å². The van der Waals surface area contributed by atoms with Crippen LogP contribution in [0.1, 0.15) is 46.6 Å². The van der Waals surface area contributed by atoms with Gasteiger partial charge >= 0.3 is 0 Å². The van der Waals surface area contributed by atoms with E-state index in [9.17, 15) is 13.2 Å². The number of sulfonamides is 1. The Balaban J connectivity index is 2.79. The minimum Gasteiger partial charge on any atom is -0.350 e. The second-order valence-electron chi connectivity index (χ2n) is 6.17. The smallest absolute Gasteiger partial charge is 0.244 e. The molecule has 0 bridgehead atoms. The molecule has 0 aliphatic rings. The summed E-state index contributed by atoms with van der Waals surface area (Å²) in [6, 6.07) is 6.68. The van der Waals surface area contributed by atoms with E-state index < -0.39 is 10.0 Å². The van der Waals surface area contributed by atoms with Crippen LogP contribution in [0.5, 0.6) is 0 Å². The van der Waals surface area contributed by atoms with Gasteiger partial charge in [-0.15, -0.1) is 0 Å². The summed E-state index contributed by atoms with van der Waals surface area (Å²) in [5.74, 6) is 0.273. The van der Waals surface area contributed by atoms with Gasteiger partial charge < -0.3 is 5.32 Å². The Morgan fingerprint density at radius 1 is 1.12 bits per heavy atom. The summed E-state index contributed by atoms with van der Waals surface area (Å²) in [5.41, 5.74) is 0.782. The zero-order valence-corrected chi connectivity index (χ0v) is 16.6. The number of benzene rings is 1. The number of hydrogen-bond donors (Lipinski definition) is 1. The molecule has 0 aliphatic heterocycles. The van der Waals surface area contributed by atoms with Gasteiger partial charge in [-0.2, -0.15) is 4.31 Å². The Bertz CT molecular complexity index is 677. The molecular formula is C19H30N2O3S. The van der Waals surface area contributed by atoms with Crippen LogP contribution in [-0.4, -0.2) is 37.8 Å². The normalized spacial score (nSPS) is 14.6. The molecule has 1 aromatic carbocycles. The van der Waals surface area contributed by atoms with Crippen molar-refractivity contribution in [2.24, 2.45) is 5.92 Å². The van der Waals surface area contributed by atoms with Crippen LogP contribution < -0.4 is 5.32 Å². The maximum absolute atomic E-state index is 12.4. The molecule has 0 aliphatic carbocycles. The summed E-state index contributed by atoms with van der Waals surface area (Å²) in [4.78, 5) is 12.2. The minimum atomic E-state index is -3.45. The maximum Gasteiger partial charge on any atom is 0.244 e. The van der Waals surface area contributed by atoms with Crippen molar-refractivity contribution in [1.29, 1.82) is 0 Å². The quantitative estimate of drug-likeness (QED) is 0.682. The second-order valence-corrected chi connectivity index (χ2v) is 8.11. The van der Waals surface area contributed by atoms with Crippen molar-refractivity contribution in [3.8, 4) is 0 Å². The average Bonchev–Trinajstić information content (AvgIpc) is 2.60. The van der Waals surface area contributed by atoms with E-state index in [0.717, 1.165) is 12.0 Å². The summed E-state index contributed by atoms with van der Waals surface area (Å²) in [7, 11) is -3.45. The van der Waals surface area contributed by atoms with E-state index in [0.29, 0.717) is 19.0 Å². The van der Waals surface area contributed by atoms with E-state index in [4.69, 9.17) is 0 Å². The lowest BCUT2D eigenvalue weighted by Gasteiger charge is -2.18. The van der Waals surface area contributed by atoms with Crippen LogP contribution in [0.2, 0.25) is 0 Å². The van der Waals surface area contributed by atoms with Gasteiger partial charge in [0.05, 0.1) is 4.90 Å². The van der Waals surface area contributed by atoms with E-state index in [1.54, 1.807) is 30.3 Å². The zero-order chi connectivity index (χ0) is 19.0. The largest absolute Gasteiger partial charge is 0.350 e. The molecule has 0 fully saturated rings. The van der Waals surface area contributed by atoms with Crippen molar-refractivity contribution in [2.75, 3.05) is 13.1 Å². The van der Waals surface area contributed by atoms with Gasteiger partial charge in [-0.1, -0.05) is 46.2 Å². The molecular weight excluding hydrogens is 336 g/mol. The van der Waals surface area contributed by atoms with Crippen LogP contribution in [-0.2, 0) is 14.8 Å². The van der Waals surface area contributed by atoms with E-state index in [2.05, 4.69) is 19.2 Å². The molecule has 140 valence electrons. The first-order valence-electron chi connectivity index (χ1n) is 8.84. The minimum absolute atomic E-state index is 0.115. The lowest BCUT2D eigenvalue weighted by atomic mass is 10.0. The molecule has 1 amide bonds. The first kappa shape index (κ1) is 21.4. The first-order chi connectivity index (χ1) is 11.8. The summed E-state index contributed by atoms with van der Waals surface area (Å²) in [6.45, 7) is 10.7. The number of hydrogen-bond acceptors (Lipinski definition) is 3. The van der Waals surface area contributed by atoms with Crippen molar-refractivity contribution in [3.63, 3.8) is 0 Å². The van der Waals surface area contributed by atoms with Crippen LogP contribution >= 0.6 is 0 Å². The van der Waals surface area contributed by atoms with E-state index in [1.807, 2.05) is 20.8 Å². The highest BCUT2D eigenvalue weighted by Crippen LogP contribution is 2.16. The van der Waals surface area contributed by atoms with Gasteiger partial charge in [0.1, 0.15) is 0 Å². The van der Waals surface area contributed by atoms with Crippen LogP contribution in [0.15, 0.2) is 35.2 Å². The van der Waals surface area contributed by atoms with E-state index >= 15 is 0 Å². The number of nitrogens with one attached hydrogen (secondary N) is 1. The highest BCUT2D eigenvalue weighted by molar-refractivity contribution is 7.89. The number of carbonyl (C=O) groups excluding carboxylic acids is 1. The fraction of sp³-hybridized carbons (Fsp3) is 0.526. The number of carbonyl (C=O) groups is 1. The topological polar surface area (TPSA) is 66.5 Å². The molecule has 0 heterocycles. The number of nitrogens with zero attached hydrogens (tertiary/aromatic N) is 1. The maximum atomic E-state index is 12.4. The second kappa shape index (κ2) is 9.73. The molecule has 1 aromatic rings. The Hall–Kier alpha value is -1.66. The van der Waals surface area contributed by atoms with Crippen LogP contribution in [0.4, 0.5) is 0 Å². The standard InChI is InChI=1S/C19H30N2O3S/c1-6-15(4)16(5)20-19(22)14-11-17-9-12-18(13-10-17)25(23,24)21(7-2)8-3/h9-16H,6-8H2,1-5H3,(H,20,22)/b14-11-/t15-,16+/m0/s1. The lowest BCUT2D eigenvalue weighted by Crippen LogP contribution is -2.35. The lowest BCUT2D eigenvalue weighted by molar-refractivity contribution is -0.117. The van der Waals surface area contributed by atoms with Crippen molar-refractivity contribution >= 4 is 22.0 Å². The van der Waals surface area contributed by atoms with Crippen LogP contribution in [0.25, 0.3) is 6.08 Å². The molecule has 0 aromatic heterocycles. The van der Waals surface area contributed by atoms with Crippen LogP contribution in [0.3, 0.4) is 0 Å². The fourth-order valence-electron chi connectivity index (χ4n) is 2.40. The van der Waals surface area contributed by atoms with Crippen LogP contribution in [0, 0.1) is 5.92 Å². The molecule has 0 saturated heterocycles. The molecule has 1 rings (SSSR count). The van der Waals surface area contributed by atoms with Gasteiger partial charge in [0.25, 0.3) is 0 Å². The van der Waals surface area contributed by atoms with E-state index in [1.165, 1.54) is 10.4 Å². The molecule has 25 heavy (non-hydrogen) atoms. The average molecular weight is 367 g/mol. The third-order valence-corrected chi connectivity index (χ3v) is 6.58. The van der Waals surface area contributed by atoms with Gasteiger partial charge in [-0.25, -0.2) is 8.42 Å². The number of rotatable bonds is 9.